The van der Waals surface area contributed by atoms with Crippen LogP contribution in [0.3, 0.4) is 0 Å². The molecule has 0 spiro atoms. The third kappa shape index (κ3) is 4.19. The summed E-state index contributed by atoms with van der Waals surface area (Å²) in [5, 5.41) is 0. The van der Waals surface area contributed by atoms with Crippen molar-refractivity contribution in [3.8, 4) is 11.1 Å². The van der Waals surface area contributed by atoms with Gasteiger partial charge in [-0.05, 0) is 54.9 Å². The van der Waals surface area contributed by atoms with Gasteiger partial charge in [-0.1, -0.05) is 30.3 Å². The maximum Gasteiger partial charge on any atom is 0.230 e. The molecule has 4 rings (SSSR count). The molecule has 1 aromatic heterocycles. The van der Waals surface area contributed by atoms with Crippen LogP contribution < -0.4 is 0 Å². The molecule has 2 fully saturated rings. The van der Waals surface area contributed by atoms with Gasteiger partial charge in [-0.2, -0.15) is 0 Å². The van der Waals surface area contributed by atoms with Crippen LogP contribution in [-0.2, 0) is 16.0 Å². The predicted octanol–water partition coefficient (Wildman–Crippen LogP) is 3.40. The number of likely N-dealkylation sites (tertiary alicyclic amines) is 1. The first-order valence-electron chi connectivity index (χ1n) is 10.5. The quantitative estimate of drug-likeness (QED) is 0.785. The number of benzene rings is 1. The summed E-state index contributed by atoms with van der Waals surface area (Å²) in [4.78, 5) is 33.9. The van der Waals surface area contributed by atoms with Crippen molar-refractivity contribution in [1.29, 1.82) is 0 Å². The lowest BCUT2D eigenvalue weighted by molar-refractivity contribution is -0.147. The van der Waals surface area contributed by atoms with Crippen molar-refractivity contribution in [2.75, 3.05) is 27.2 Å². The predicted molar refractivity (Wildman–Crippen MR) is 113 cm³/mol. The molecule has 0 radical (unpaired) electrons. The van der Waals surface area contributed by atoms with Crippen LogP contribution in [0.15, 0.2) is 48.8 Å². The summed E-state index contributed by atoms with van der Waals surface area (Å²) in [5.41, 5.74) is 2.74. The van der Waals surface area contributed by atoms with Gasteiger partial charge in [0.25, 0.3) is 0 Å². The second-order valence-corrected chi connectivity index (χ2v) is 8.74. The van der Waals surface area contributed by atoms with Crippen molar-refractivity contribution in [3.05, 3.63) is 54.4 Å². The SMILES string of the molecule is CN(C)C(=O)[C@]1(Cc2cccc(-c3cccnc3)c2)CCCN(C(=O)C2CC2)C1. The molecule has 2 amide bonds. The van der Waals surface area contributed by atoms with Gasteiger partial charge in [-0.25, -0.2) is 0 Å². The Kier molecular flexibility index (Phi) is 5.39. The van der Waals surface area contributed by atoms with Crippen LogP contribution in [-0.4, -0.2) is 53.8 Å². The van der Waals surface area contributed by atoms with Gasteiger partial charge in [0, 0.05) is 45.5 Å². The minimum Gasteiger partial charge on any atom is -0.348 e. The Hall–Kier alpha value is -2.69. The summed E-state index contributed by atoms with van der Waals surface area (Å²) in [6, 6.07) is 12.3. The topological polar surface area (TPSA) is 53.5 Å². The van der Waals surface area contributed by atoms with Gasteiger partial charge in [0.15, 0.2) is 0 Å². The second-order valence-electron chi connectivity index (χ2n) is 8.74. The number of nitrogens with zero attached hydrogens (tertiary/aromatic N) is 3. The Morgan fingerprint density at radius 1 is 1.17 bits per heavy atom. The van der Waals surface area contributed by atoms with Gasteiger partial charge in [0.05, 0.1) is 5.41 Å². The number of aromatic nitrogens is 1. The lowest BCUT2D eigenvalue weighted by Gasteiger charge is -2.43. The van der Waals surface area contributed by atoms with E-state index in [1.54, 1.807) is 11.1 Å². The first-order chi connectivity index (χ1) is 14.0. The second kappa shape index (κ2) is 7.97. The average molecular weight is 392 g/mol. The van der Waals surface area contributed by atoms with E-state index in [2.05, 4.69) is 23.2 Å². The van der Waals surface area contributed by atoms with Crippen molar-refractivity contribution in [2.45, 2.75) is 32.1 Å². The first kappa shape index (κ1) is 19.6. The molecule has 1 atom stereocenters. The van der Waals surface area contributed by atoms with E-state index in [9.17, 15) is 9.59 Å². The third-order valence-corrected chi connectivity index (χ3v) is 6.14. The zero-order valence-electron chi connectivity index (χ0n) is 17.3. The number of hydrogen-bond acceptors (Lipinski definition) is 3. The number of hydrogen-bond donors (Lipinski definition) is 0. The van der Waals surface area contributed by atoms with Crippen LogP contribution in [0.25, 0.3) is 11.1 Å². The van der Waals surface area contributed by atoms with E-state index in [0.717, 1.165) is 48.9 Å². The maximum absolute atomic E-state index is 13.3. The van der Waals surface area contributed by atoms with E-state index >= 15 is 0 Å². The van der Waals surface area contributed by atoms with Gasteiger partial charge >= 0.3 is 0 Å². The standard InChI is InChI=1S/C24H29N3O2/c1-26(2)23(29)24(11-5-13-27(17-24)22(28)19-9-10-19)15-18-6-3-7-20(14-18)21-8-4-12-25-16-21/h3-4,6-8,12,14,16,19H,5,9-11,13,15,17H2,1-2H3/t24-/m0/s1. The molecule has 0 bridgehead atoms. The molecule has 29 heavy (non-hydrogen) atoms. The summed E-state index contributed by atoms with van der Waals surface area (Å²) in [7, 11) is 3.63. The van der Waals surface area contributed by atoms with E-state index in [0.29, 0.717) is 13.0 Å². The molecule has 1 aromatic carbocycles. The lowest BCUT2D eigenvalue weighted by atomic mass is 9.73. The zero-order chi connectivity index (χ0) is 20.4. The van der Waals surface area contributed by atoms with Crippen LogP contribution in [0.4, 0.5) is 0 Å². The number of amides is 2. The average Bonchev–Trinajstić information content (AvgIpc) is 3.59. The van der Waals surface area contributed by atoms with Gasteiger partial charge in [-0.3, -0.25) is 14.6 Å². The fourth-order valence-electron chi connectivity index (χ4n) is 4.56. The molecule has 1 saturated carbocycles. The van der Waals surface area contributed by atoms with Crippen molar-refractivity contribution in [2.24, 2.45) is 11.3 Å². The van der Waals surface area contributed by atoms with Gasteiger partial charge in [-0.15, -0.1) is 0 Å². The lowest BCUT2D eigenvalue weighted by Crippen LogP contribution is -2.54. The largest absolute Gasteiger partial charge is 0.348 e. The van der Waals surface area contributed by atoms with Crippen molar-refractivity contribution < 1.29 is 9.59 Å². The Labute approximate surface area is 172 Å². The fraction of sp³-hybridized carbons (Fsp3) is 0.458. The minimum atomic E-state index is -0.556. The van der Waals surface area contributed by atoms with Crippen molar-refractivity contribution in [3.63, 3.8) is 0 Å². The highest BCUT2D eigenvalue weighted by molar-refractivity contribution is 5.86. The number of rotatable bonds is 5. The van der Waals surface area contributed by atoms with Gasteiger partial charge in [0.1, 0.15) is 0 Å². The number of carbonyl (C=O) groups excluding carboxylic acids is 2. The van der Waals surface area contributed by atoms with Crippen LogP contribution in [0, 0.1) is 11.3 Å². The summed E-state index contributed by atoms with van der Waals surface area (Å²) in [5.74, 6) is 0.552. The van der Waals surface area contributed by atoms with Gasteiger partial charge in [0.2, 0.25) is 11.8 Å². The Morgan fingerprint density at radius 3 is 2.66 bits per heavy atom. The third-order valence-electron chi connectivity index (χ3n) is 6.14. The monoisotopic (exact) mass is 391 g/mol. The summed E-state index contributed by atoms with van der Waals surface area (Å²) < 4.78 is 0. The fourth-order valence-corrected chi connectivity index (χ4v) is 4.56. The molecule has 2 heterocycles. The first-order valence-corrected chi connectivity index (χ1v) is 10.5. The van der Waals surface area contributed by atoms with E-state index in [1.165, 1.54) is 0 Å². The molecule has 0 N–H and O–H groups in total. The molecular weight excluding hydrogens is 362 g/mol. The summed E-state index contributed by atoms with van der Waals surface area (Å²) in [6.45, 7) is 1.30. The molecule has 5 heteroatoms. The van der Waals surface area contributed by atoms with E-state index in [-0.39, 0.29) is 17.7 Å². The normalized spacial score (nSPS) is 21.7. The molecular formula is C24H29N3O2. The molecule has 0 unspecified atom stereocenters. The van der Waals surface area contributed by atoms with Crippen LogP contribution in [0.5, 0.6) is 0 Å². The molecule has 1 aliphatic heterocycles. The number of carbonyl (C=O) groups is 2. The molecule has 2 aromatic rings. The van der Waals surface area contributed by atoms with E-state index < -0.39 is 5.41 Å². The number of piperidine rings is 1. The molecule has 152 valence electrons. The van der Waals surface area contributed by atoms with Gasteiger partial charge < -0.3 is 9.80 Å². The Morgan fingerprint density at radius 2 is 1.97 bits per heavy atom. The minimum absolute atomic E-state index is 0.123. The van der Waals surface area contributed by atoms with E-state index in [1.807, 2.05) is 43.4 Å². The Balaban J connectivity index is 1.62. The smallest absolute Gasteiger partial charge is 0.230 e. The number of pyridine rings is 1. The van der Waals surface area contributed by atoms with Crippen molar-refractivity contribution >= 4 is 11.8 Å². The Bertz CT molecular complexity index is 892. The van der Waals surface area contributed by atoms with Crippen LogP contribution >= 0.6 is 0 Å². The highest BCUT2D eigenvalue weighted by Gasteiger charge is 2.46. The summed E-state index contributed by atoms with van der Waals surface area (Å²) >= 11 is 0. The molecule has 1 saturated heterocycles. The van der Waals surface area contributed by atoms with Crippen LogP contribution in [0.2, 0.25) is 0 Å². The highest BCUT2D eigenvalue weighted by atomic mass is 16.2. The molecule has 1 aliphatic carbocycles. The maximum atomic E-state index is 13.3. The summed E-state index contributed by atoms with van der Waals surface area (Å²) in [6.07, 6.45) is 7.96. The molecule has 5 nitrogen and oxygen atoms in total. The molecule has 2 aliphatic rings. The van der Waals surface area contributed by atoms with E-state index in [4.69, 9.17) is 0 Å². The van der Waals surface area contributed by atoms with Crippen LogP contribution in [0.1, 0.15) is 31.2 Å². The zero-order valence-corrected chi connectivity index (χ0v) is 17.3. The highest BCUT2D eigenvalue weighted by Crippen LogP contribution is 2.39. The van der Waals surface area contributed by atoms with Crippen molar-refractivity contribution in [1.82, 2.24) is 14.8 Å².